The molecule has 3 heterocycles. The van der Waals surface area contributed by atoms with E-state index in [0.717, 1.165) is 0 Å². The van der Waals surface area contributed by atoms with Crippen LogP contribution in [0, 0.1) is 5.92 Å². The number of tetrazole rings is 1. The van der Waals surface area contributed by atoms with E-state index in [4.69, 9.17) is 16.3 Å². The number of nitrogens with zero attached hydrogens (tertiary/aromatic N) is 6. The number of carbonyl (C=O) groups excluding carboxylic acids is 1. The van der Waals surface area contributed by atoms with Gasteiger partial charge in [0.05, 0.1) is 12.1 Å². The van der Waals surface area contributed by atoms with Crippen molar-refractivity contribution in [3.8, 4) is 5.75 Å². The van der Waals surface area contributed by atoms with E-state index in [1.54, 1.807) is 12.1 Å². The Hall–Kier alpha value is -2.51. The van der Waals surface area contributed by atoms with Gasteiger partial charge < -0.3 is 9.64 Å². The number of amides is 1. The first-order chi connectivity index (χ1) is 14.8. The van der Waals surface area contributed by atoms with Crippen molar-refractivity contribution in [2.75, 3.05) is 25.1 Å². The molecule has 1 saturated heterocycles. The predicted octanol–water partition coefficient (Wildman–Crippen LogP) is 1.67. The Bertz CT molecular complexity index is 1240. The first-order valence-electron chi connectivity index (χ1n) is 9.18. The van der Waals surface area contributed by atoms with Crippen LogP contribution >= 0.6 is 27.5 Å². The number of benzene rings is 1. The highest BCUT2D eigenvalue weighted by atomic mass is 79.9. The van der Waals surface area contributed by atoms with Gasteiger partial charge in [-0.1, -0.05) is 27.5 Å². The Morgan fingerprint density at radius 1 is 1.29 bits per heavy atom. The van der Waals surface area contributed by atoms with Crippen LogP contribution in [0.5, 0.6) is 5.75 Å². The van der Waals surface area contributed by atoms with Gasteiger partial charge in [0.2, 0.25) is 5.91 Å². The largest absolute Gasteiger partial charge is 0.494 e. The quantitative estimate of drug-likeness (QED) is 0.523. The molecule has 3 aromatic rings. The number of anilines is 1. The number of hydrogen-bond acceptors (Lipinski definition) is 9. The third kappa shape index (κ3) is 4.43. The SMILES string of the molecule is COc1c(Cl)cc(Br)cc1S(=O)(=O)NC(=O)C1CCN(c2ccc3nnnn3n2)CC1. The molecule has 0 radical (unpaired) electrons. The number of nitrogens with one attached hydrogen (secondary N) is 1. The molecule has 11 nitrogen and oxygen atoms in total. The maximum atomic E-state index is 12.8. The molecule has 0 spiro atoms. The molecule has 4 rings (SSSR count). The summed E-state index contributed by atoms with van der Waals surface area (Å²) in [6.45, 7) is 1.07. The fourth-order valence-electron chi connectivity index (χ4n) is 3.38. The minimum atomic E-state index is -4.17. The minimum absolute atomic E-state index is 0.0240. The maximum Gasteiger partial charge on any atom is 0.267 e. The second kappa shape index (κ2) is 8.55. The van der Waals surface area contributed by atoms with Gasteiger partial charge in [-0.15, -0.1) is 14.8 Å². The van der Waals surface area contributed by atoms with Gasteiger partial charge in [-0.05, 0) is 47.5 Å². The third-order valence-corrected chi connectivity index (χ3v) is 7.04. The van der Waals surface area contributed by atoms with Crippen LogP contribution in [-0.4, -0.2) is 59.8 Å². The van der Waals surface area contributed by atoms with Crippen LogP contribution < -0.4 is 14.4 Å². The first kappa shape index (κ1) is 21.7. The molecule has 0 unspecified atom stereocenters. The molecule has 0 atom stereocenters. The first-order valence-corrected chi connectivity index (χ1v) is 11.8. The zero-order valence-corrected chi connectivity index (χ0v) is 19.4. The van der Waals surface area contributed by atoms with Crippen LogP contribution in [0.4, 0.5) is 5.82 Å². The smallest absolute Gasteiger partial charge is 0.267 e. The van der Waals surface area contributed by atoms with E-state index in [-0.39, 0.29) is 15.7 Å². The number of ether oxygens (including phenoxy) is 1. The molecule has 1 amide bonds. The Morgan fingerprint density at radius 3 is 2.74 bits per heavy atom. The summed E-state index contributed by atoms with van der Waals surface area (Å²) in [5.74, 6) is -0.373. The fourth-order valence-corrected chi connectivity index (χ4v) is 5.74. The predicted molar refractivity (Wildman–Crippen MR) is 115 cm³/mol. The van der Waals surface area contributed by atoms with Gasteiger partial charge in [-0.25, -0.2) is 13.1 Å². The average molecular weight is 531 g/mol. The highest BCUT2D eigenvalue weighted by Gasteiger charge is 2.31. The molecule has 0 bridgehead atoms. The normalized spacial score (nSPS) is 15.3. The summed E-state index contributed by atoms with van der Waals surface area (Å²) in [7, 11) is -2.86. The molecular formula is C17H17BrClN7O4S. The van der Waals surface area contributed by atoms with E-state index in [1.807, 2.05) is 4.90 Å². The number of aromatic nitrogens is 5. The summed E-state index contributed by atoms with van der Waals surface area (Å²) in [5, 5.41) is 15.6. The van der Waals surface area contributed by atoms with E-state index in [0.29, 0.717) is 41.9 Å². The Kier molecular flexibility index (Phi) is 5.99. The monoisotopic (exact) mass is 529 g/mol. The van der Waals surface area contributed by atoms with Crippen LogP contribution in [0.1, 0.15) is 12.8 Å². The van der Waals surface area contributed by atoms with Crippen molar-refractivity contribution < 1.29 is 17.9 Å². The molecule has 1 aliphatic heterocycles. The lowest BCUT2D eigenvalue weighted by Crippen LogP contribution is -2.42. The van der Waals surface area contributed by atoms with Crippen molar-refractivity contribution in [3.05, 3.63) is 33.8 Å². The standard InChI is InChI=1S/C17H17BrClN7O4S/c1-30-16-12(19)8-11(18)9-13(16)31(28,29)22-17(27)10-4-6-25(7-5-10)15-3-2-14-20-23-24-26(14)21-15/h2-3,8-10H,4-7H2,1H3,(H,22,27). The highest BCUT2D eigenvalue weighted by molar-refractivity contribution is 9.10. The zero-order chi connectivity index (χ0) is 22.2. The van der Waals surface area contributed by atoms with Gasteiger partial charge in [0, 0.05) is 23.5 Å². The van der Waals surface area contributed by atoms with Crippen molar-refractivity contribution >= 4 is 54.9 Å². The summed E-state index contributed by atoms with van der Waals surface area (Å²) in [5.41, 5.74) is 0.534. The average Bonchev–Trinajstić information content (AvgIpc) is 3.21. The molecule has 1 fully saturated rings. The topological polar surface area (TPSA) is 132 Å². The van der Waals surface area contributed by atoms with Crippen LogP contribution in [0.2, 0.25) is 5.02 Å². The van der Waals surface area contributed by atoms with E-state index < -0.39 is 21.8 Å². The van der Waals surface area contributed by atoms with Gasteiger partial charge in [-0.2, -0.15) is 0 Å². The van der Waals surface area contributed by atoms with E-state index in [2.05, 4.69) is 41.3 Å². The molecule has 1 aliphatic rings. The summed E-state index contributed by atoms with van der Waals surface area (Å²) in [6, 6.07) is 6.41. The number of rotatable bonds is 5. The van der Waals surface area contributed by atoms with Gasteiger partial charge in [0.25, 0.3) is 10.0 Å². The minimum Gasteiger partial charge on any atom is -0.494 e. The number of methoxy groups -OCH3 is 1. The summed E-state index contributed by atoms with van der Waals surface area (Å²) >= 11 is 9.28. The number of halogens is 2. The van der Waals surface area contributed by atoms with Crippen molar-refractivity contribution in [1.29, 1.82) is 0 Å². The molecule has 2 aromatic heterocycles. The number of sulfonamides is 1. The number of fused-ring (bicyclic) bond motifs is 1. The van der Waals surface area contributed by atoms with E-state index in [1.165, 1.54) is 23.9 Å². The van der Waals surface area contributed by atoms with Gasteiger partial charge in [0.15, 0.2) is 17.2 Å². The van der Waals surface area contributed by atoms with E-state index in [9.17, 15) is 13.2 Å². The highest BCUT2D eigenvalue weighted by Crippen LogP contribution is 2.35. The van der Waals surface area contributed by atoms with Gasteiger partial charge in [0.1, 0.15) is 4.90 Å². The lowest BCUT2D eigenvalue weighted by Gasteiger charge is -2.31. The zero-order valence-electron chi connectivity index (χ0n) is 16.2. The number of hydrogen-bond donors (Lipinski definition) is 1. The van der Waals surface area contributed by atoms with Crippen molar-refractivity contribution in [2.45, 2.75) is 17.7 Å². The summed E-state index contributed by atoms with van der Waals surface area (Å²) < 4.78 is 34.7. The van der Waals surface area contributed by atoms with Gasteiger partial charge in [-0.3, -0.25) is 4.79 Å². The molecule has 0 saturated carbocycles. The van der Waals surface area contributed by atoms with Crippen LogP contribution in [0.3, 0.4) is 0 Å². The van der Waals surface area contributed by atoms with Gasteiger partial charge >= 0.3 is 0 Å². The molecule has 0 aliphatic carbocycles. The third-order valence-electron chi connectivity index (χ3n) is 4.95. The lowest BCUT2D eigenvalue weighted by molar-refractivity contribution is -0.123. The Morgan fingerprint density at radius 2 is 2.03 bits per heavy atom. The second-order valence-electron chi connectivity index (χ2n) is 6.87. The fraction of sp³-hybridized carbons (Fsp3) is 0.353. The van der Waals surface area contributed by atoms with Crippen molar-refractivity contribution in [3.63, 3.8) is 0 Å². The molecule has 1 N–H and O–H groups in total. The maximum absolute atomic E-state index is 12.8. The van der Waals surface area contributed by atoms with Crippen molar-refractivity contribution in [1.82, 2.24) is 30.0 Å². The molecule has 31 heavy (non-hydrogen) atoms. The lowest BCUT2D eigenvalue weighted by atomic mass is 9.96. The number of carbonyl (C=O) groups is 1. The van der Waals surface area contributed by atoms with Crippen LogP contribution in [-0.2, 0) is 14.8 Å². The molecular weight excluding hydrogens is 514 g/mol. The Balaban J connectivity index is 1.44. The van der Waals surface area contributed by atoms with Crippen LogP contribution in [0.15, 0.2) is 33.6 Å². The number of piperidine rings is 1. The second-order valence-corrected chi connectivity index (χ2v) is 9.84. The van der Waals surface area contributed by atoms with E-state index >= 15 is 0 Å². The summed E-state index contributed by atoms with van der Waals surface area (Å²) in [6.07, 6.45) is 0.931. The summed E-state index contributed by atoms with van der Waals surface area (Å²) in [4.78, 5) is 14.5. The Labute approximate surface area is 190 Å². The molecule has 14 heteroatoms. The van der Waals surface area contributed by atoms with Crippen molar-refractivity contribution in [2.24, 2.45) is 5.92 Å². The molecule has 1 aromatic carbocycles. The van der Waals surface area contributed by atoms with Crippen LogP contribution in [0.25, 0.3) is 5.65 Å². The molecule has 164 valence electrons.